The summed E-state index contributed by atoms with van der Waals surface area (Å²) in [7, 11) is -2.93. The van der Waals surface area contributed by atoms with Gasteiger partial charge in [-0.25, -0.2) is 8.42 Å². The second-order valence-electron chi connectivity index (χ2n) is 4.42. The van der Waals surface area contributed by atoms with Gasteiger partial charge in [-0.15, -0.1) is 0 Å². The summed E-state index contributed by atoms with van der Waals surface area (Å²) in [5, 5.41) is 12.5. The molecule has 5 nitrogen and oxygen atoms in total. The summed E-state index contributed by atoms with van der Waals surface area (Å²) in [4.78, 5) is 10.9. The number of unbranched alkanes of at least 4 members (excludes halogenated alkanes) is 1. The minimum atomic E-state index is -2.93. The van der Waals surface area contributed by atoms with Crippen molar-refractivity contribution in [3.05, 3.63) is 0 Å². The second-order valence-corrected chi connectivity index (χ2v) is 6.65. The van der Waals surface area contributed by atoms with Crippen LogP contribution in [-0.4, -0.2) is 38.0 Å². The monoisotopic (exact) mass is 249 g/mol. The van der Waals surface area contributed by atoms with Crippen LogP contribution < -0.4 is 10.4 Å². The number of carboxylic acid groups (broad SMARTS) is 1. The van der Waals surface area contributed by atoms with E-state index >= 15 is 0 Å². The normalized spacial score (nSPS) is 25.4. The van der Waals surface area contributed by atoms with Crippen LogP contribution in [0.3, 0.4) is 0 Å². The summed E-state index contributed by atoms with van der Waals surface area (Å²) in [5.41, 5.74) is 0. The molecule has 0 aliphatic carbocycles. The Morgan fingerprint density at radius 1 is 1.56 bits per heavy atom. The average molecular weight is 249 g/mol. The Bertz CT molecular complexity index is 339. The maximum Gasteiger partial charge on any atom is 0.156 e. The lowest BCUT2D eigenvalue weighted by molar-refractivity contribution is -0.711. The van der Waals surface area contributed by atoms with Gasteiger partial charge in [0.1, 0.15) is 17.8 Å². The third-order valence-corrected chi connectivity index (χ3v) is 4.74. The highest BCUT2D eigenvalue weighted by Gasteiger charge is 2.32. The Morgan fingerprint density at radius 2 is 2.25 bits per heavy atom. The van der Waals surface area contributed by atoms with Crippen molar-refractivity contribution in [2.24, 2.45) is 0 Å². The molecule has 0 saturated carbocycles. The first-order chi connectivity index (χ1) is 7.44. The Labute approximate surface area is 96.1 Å². The first kappa shape index (κ1) is 13.4. The molecule has 0 aromatic heterocycles. The molecule has 0 unspecified atom stereocenters. The molecule has 16 heavy (non-hydrogen) atoms. The number of sulfone groups is 1. The fourth-order valence-electron chi connectivity index (χ4n) is 2.02. The van der Waals surface area contributed by atoms with Crippen LogP contribution >= 0.6 is 0 Å². The summed E-state index contributed by atoms with van der Waals surface area (Å²) in [6.07, 6.45) is 2.86. The van der Waals surface area contributed by atoms with Gasteiger partial charge in [-0.05, 0) is 6.42 Å². The minimum Gasteiger partial charge on any atom is -0.544 e. The first-order valence-electron chi connectivity index (χ1n) is 5.71. The fourth-order valence-corrected chi connectivity index (χ4v) is 3.78. The smallest absolute Gasteiger partial charge is 0.156 e. The zero-order valence-electron chi connectivity index (χ0n) is 9.52. The van der Waals surface area contributed by atoms with Crippen molar-refractivity contribution in [3.8, 4) is 0 Å². The molecule has 2 N–H and O–H groups in total. The Balaban J connectivity index is 2.46. The number of carbonyl (C=O) groups excluding carboxylic acids is 1. The number of quaternary nitrogens is 1. The number of rotatable bonds is 6. The predicted octanol–water partition coefficient (Wildman–Crippen LogP) is -1.95. The van der Waals surface area contributed by atoms with Crippen LogP contribution in [-0.2, 0) is 14.6 Å². The number of hydrogen-bond acceptors (Lipinski definition) is 4. The molecular formula is C10H19NO4S. The van der Waals surface area contributed by atoms with Gasteiger partial charge in [0.25, 0.3) is 0 Å². The minimum absolute atomic E-state index is 0.100. The number of nitrogens with two attached hydrogens (primary N) is 1. The maximum absolute atomic E-state index is 11.2. The molecule has 1 fully saturated rings. The van der Waals surface area contributed by atoms with Crippen LogP contribution in [0.5, 0.6) is 0 Å². The first-order valence-corrected chi connectivity index (χ1v) is 7.53. The molecule has 1 aliphatic heterocycles. The van der Waals surface area contributed by atoms with Crippen molar-refractivity contribution in [2.45, 2.75) is 44.7 Å². The SMILES string of the molecule is CCCC[C@H]([NH2+][C@@H]1CCS(=O)(=O)C1)C(=O)[O-]. The lowest BCUT2D eigenvalue weighted by Gasteiger charge is -2.19. The van der Waals surface area contributed by atoms with Gasteiger partial charge in [-0.1, -0.05) is 13.3 Å². The van der Waals surface area contributed by atoms with Crippen molar-refractivity contribution in [3.63, 3.8) is 0 Å². The van der Waals surface area contributed by atoms with Gasteiger partial charge in [-0.3, -0.25) is 0 Å². The van der Waals surface area contributed by atoms with Crippen molar-refractivity contribution in [1.29, 1.82) is 0 Å². The molecule has 0 aromatic carbocycles. The van der Waals surface area contributed by atoms with Crippen molar-refractivity contribution < 1.29 is 23.6 Å². The molecule has 1 rings (SSSR count). The number of hydrogen-bond donors (Lipinski definition) is 1. The van der Waals surface area contributed by atoms with Crippen LogP contribution in [0.15, 0.2) is 0 Å². The molecule has 1 aliphatic rings. The van der Waals surface area contributed by atoms with Gasteiger partial charge in [0.05, 0.1) is 11.7 Å². The molecule has 6 heteroatoms. The van der Waals surface area contributed by atoms with E-state index in [0.717, 1.165) is 12.8 Å². The van der Waals surface area contributed by atoms with Gasteiger partial charge in [0, 0.05) is 12.8 Å². The molecule has 2 atom stereocenters. The largest absolute Gasteiger partial charge is 0.544 e. The summed E-state index contributed by atoms with van der Waals surface area (Å²) < 4.78 is 22.4. The van der Waals surface area contributed by atoms with Crippen LogP contribution in [0, 0.1) is 0 Å². The van der Waals surface area contributed by atoms with Crippen LogP contribution in [0.25, 0.3) is 0 Å². The molecule has 0 radical (unpaired) electrons. The zero-order valence-corrected chi connectivity index (χ0v) is 10.3. The maximum atomic E-state index is 11.2. The van der Waals surface area contributed by atoms with E-state index in [9.17, 15) is 18.3 Å². The van der Waals surface area contributed by atoms with E-state index in [4.69, 9.17) is 0 Å². The summed E-state index contributed by atoms with van der Waals surface area (Å²) in [5.74, 6) is -0.803. The van der Waals surface area contributed by atoms with E-state index in [0.29, 0.717) is 12.8 Å². The van der Waals surface area contributed by atoms with E-state index in [1.54, 1.807) is 5.32 Å². The Kier molecular flexibility index (Phi) is 4.73. The van der Waals surface area contributed by atoms with E-state index in [1.807, 2.05) is 6.92 Å². The van der Waals surface area contributed by atoms with Gasteiger partial charge in [0.2, 0.25) is 0 Å². The lowest BCUT2D eigenvalue weighted by atomic mass is 10.1. The summed E-state index contributed by atoms with van der Waals surface area (Å²) in [6.45, 7) is 1.99. The van der Waals surface area contributed by atoms with E-state index in [-0.39, 0.29) is 17.5 Å². The topological polar surface area (TPSA) is 90.9 Å². The number of carboxylic acids is 1. The number of carbonyl (C=O) groups is 1. The highest BCUT2D eigenvalue weighted by Crippen LogP contribution is 2.08. The van der Waals surface area contributed by atoms with Gasteiger partial charge in [0.15, 0.2) is 9.84 Å². The van der Waals surface area contributed by atoms with Crippen molar-refractivity contribution >= 4 is 15.8 Å². The van der Waals surface area contributed by atoms with E-state index in [2.05, 4.69) is 0 Å². The highest BCUT2D eigenvalue weighted by atomic mass is 32.2. The van der Waals surface area contributed by atoms with Crippen molar-refractivity contribution in [2.75, 3.05) is 11.5 Å². The summed E-state index contributed by atoms with van der Waals surface area (Å²) in [6, 6.07) is -0.706. The predicted molar refractivity (Wildman–Crippen MR) is 57.3 cm³/mol. The lowest BCUT2D eigenvalue weighted by Crippen LogP contribution is -2.97. The fraction of sp³-hybridized carbons (Fsp3) is 0.900. The second kappa shape index (κ2) is 5.63. The Morgan fingerprint density at radius 3 is 2.69 bits per heavy atom. The molecule has 94 valence electrons. The highest BCUT2D eigenvalue weighted by molar-refractivity contribution is 7.91. The van der Waals surface area contributed by atoms with E-state index < -0.39 is 21.8 Å². The molecule has 0 amide bonds. The van der Waals surface area contributed by atoms with E-state index in [1.165, 1.54) is 0 Å². The number of aliphatic carboxylic acids is 1. The quantitative estimate of drug-likeness (QED) is 0.592. The summed E-state index contributed by atoms with van der Waals surface area (Å²) >= 11 is 0. The van der Waals surface area contributed by atoms with Gasteiger partial charge >= 0.3 is 0 Å². The van der Waals surface area contributed by atoms with Crippen LogP contribution in [0.1, 0.15) is 32.6 Å². The van der Waals surface area contributed by atoms with Gasteiger partial charge in [-0.2, -0.15) is 0 Å². The molecule has 1 saturated heterocycles. The third kappa shape index (κ3) is 4.09. The van der Waals surface area contributed by atoms with Crippen LogP contribution in [0.4, 0.5) is 0 Å². The Hall–Kier alpha value is -0.620. The van der Waals surface area contributed by atoms with Crippen LogP contribution in [0.2, 0.25) is 0 Å². The molecule has 1 heterocycles. The average Bonchev–Trinajstić information content (AvgIpc) is 2.52. The third-order valence-electron chi connectivity index (χ3n) is 2.94. The molecule has 0 bridgehead atoms. The molecule has 0 aromatic rings. The molecular weight excluding hydrogens is 230 g/mol. The van der Waals surface area contributed by atoms with Crippen molar-refractivity contribution in [1.82, 2.24) is 0 Å². The molecule has 0 spiro atoms. The van der Waals surface area contributed by atoms with Gasteiger partial charge < -0.3 is 15.2 Å². The zero-order chi connectivity index (χ0) is 12.2. The standard InChI is InChI=1S/C10H19NO4S/c1-2-3-4-9(10(12)13)11-8-5-6-16(14,15)7-8/h8-9,11H,2-7H2,1H3,(H,12,13)/t8-,9+/m1/s1.